The number of fused-ring (bicyclic) bond motifs is 1. The Hall–Kier alpha value is -3.82. The molecule has 2 heterocycles. The van der Waals surface area contributed by atoms with Crippen LogP contribution in [0, 0.1) is 0 Å². The molecule has 0 saturated carbocycles. The van der Waals surface area contributed by atoms with Gasteiger partial charge in [0.2, 0.25) is 5.91 Å². The molecule has 0 radical (unpaired) electrons. The van der Waals surface area contributed by atoms with Crippen molar-refractivity contribution in [1.82, 2.24) is 20.2 Å². The second kappa shape index (κ2) is 9.76. The maximum Gasteiger partial charge on any atom is 0.239 e. The Labute approximate surface area is 191 Å². The number of methoxy groups -OCH3 is 1. The molecule has 1 saturated heterocycles. The Balaban J connectivity index is 1.75. The first-order chi connectivity index (χ1) is 16.0. The van der Waals surface area contributed by atoms with Gasteiger partial charge in [-0.05, 0) is 41.5 Å². The average Bonchev–Trinajstić information content (AvgIpc) is 2.81. The van der Waals surface area contributed by atoms with Crippen molar-refractivity contribution in [2.75, 3.05) is 38.3 Å². The van der Waals surface area contributed by atoms with Crippen LogP contribution in [-0.4, -0.2) is 59.4 Å². The van der Waals surface area contributed by atoms with Crippen molar-refractivity contribution in [2.45, 2.75) is 12.1 Å². The maximum atomic E-state index is 13.6. The molecular weight excluding hydrogens is 420 g/mol. The molecule has 4 rings (SSSR count). The molecular formula is C24H26N6O3. The van der Waals surface area contributed by atoms with E-state index < -0.39 is 12.1 Å². The molecule has 1 amide bonds. The summed E-state index contributed by atoms with van der Waals surface area (Å²) in [6.07, 6.45) is 4.66. The van der Waals surface area contributed by atoms with Gasteiger partial charge in [-0.15, -0.1) is 0 Å². The molecule has 0 spiro atoms. The first kappa shape index (κ1) is 22.4. The highest BCUT2D eigenvalue weighted by atomic mass is 16.5. The minimum Gasteiger partial charge on any atom is -0.399 e. The van der Waals surface area contributed by atoms with Gasteiger partial charge < -0.3 is 21.5 Å². The molecule has 2 atom stereocenters. The van der Waals surface area contributed by atoms with Crippen LogP contribution < -0.4 is 16.8 Å². The molecule has 2 aromatic carbocycles. The molecule has 1 aliphatic rings. The van der Waals surface area contributed by atoms with Crippen LogP contribution in [-0.2, 0) is 14.3 Å². The van der Waals surface area contributed by atoms with Crippen LogP contribution in [0.2, 0.25) is 0 Å². The van der Waals surface area contributed by atoms with Gasteiger partial charge >= 0.3 is 0 Å². The highest BCUT2D eigenvalue weighted by molar-refractivity contribution is 6.00. The standard InChI is InChI=1S/C24H26N6O3/c1-33-13-20-24(32)27-10-11-30(20)22(21(31)9-4-15-2-6-17(25)7-3-15)16-5-8-18-19(12-16)28-14-29-23(18)26/h2-9,12,14,20,22H,10-11,13,25H2,1H3,(H,27,32)(H2,26,28,29)/t20-,22?/m0/s1. The van der Waals surface area contributed by atoms with Crippen molar-refractivity contribution in [3.8, 4) is 0 Å². The number of piperazine rings is 1. The van der Waals surface area contributed by atoms with Gasteiger partial charge in [0.1, 0.15) is 18.2 Å². The molecule has 1 aromatic heterocycles. The third-order valence-corrected chi connectivity index (χ3v) is 5.68. The van der Waals surface area contributed by atoms with Gasteiger partial charge in [-0.2, -0.15) is 0 Å². The SMILES string of the molecule is COC[C@H]1C(=O)NCCN1C(C(=O)C=Cc1ccc(N)cc1)c1ccc2c(N)ncnc2c1. The van der Waals surface area contributed by atoms with Gasteiger partial charge in [-0.3, -0.25) is 14.5 Å². The maximum absolute atomic E-state index is 13.6. The molecule has 0 aliphatic carbocycles. The number of ether oxygens (including phenoxy) is 1. The summed E-state index contributed by atoms with van der Waals surface area (Å²) in [7, 11) is 1.54. The van der Waals surface area contributed by atoms with Gasteiger partial charge in [0.15, 0.2) is 5.78 Å². The van der Waals surface area contributed by atoms with Gasteiger partial charge in [-0.25, -0.2) is 9.97 Å². The summed E-state index contributed by atoms with van der Waals surface area (Å²) < 4.78 is 5.29. The molecule has 33 heavy (non-hydrogen) atoms. The van der Waals surface area contributed by atoms with Gasteiger partial charge in [0.05, 0.1) is 18.2 Å². The highest BCUT2D eigenvalue weighted by Gasteiger charge is 2.38. The van der Waals surface area contributed by atoms with E-state index in [4.69, 9.17) is 16.2 Å². The number of ketones is 1. The summed E-state index contributed by atoms with van der Waals surface area (Å²) in [5, 5.41) is 3.56. The number of carbonyl (C=O) groups excluding carboxylic acids is 2. The van der Waals surface area contributed by atoms with E-state index in [0.717, 1.165) is 5.56 Å². The van der Waals surface area contributed by atoms with Crippen molar-refractivity contribution in [3.05, 3.63) is 66.0 Å². The molecule has 5 N–H and O–H groups in total. The quantitative estimate of drug-likeness (QED) is 0.367. The van der Waals surface area contributed by atoms with Gasteiger partial charge in [-0.1, -0.05) is 24.3 Å². The zero-order chi connectivity index (χ0) is 23.4. The minimum atomic E-state index is -0.707. The van der Waals surface area contributed by atoms with Crippen LogP contribution in [0.5, 0.6) is 0 Å². The molecule has 9 nitrogen and oxygen atoms in total. The largest absolute Gasteiger partial charge is 0.399 e. The number of nitrogen functional groups attached to an aromatic ring is 2. The van der Waals surface area contributed by atoms with Crippen molar-refractivity contribution in [3.63, 3.8) is 0 Å². The third-order valence-electron chi connectivity index (χ3n) is 5.68. The first-order valence-electron chi connectivity index (χ1n) is 10.6. The van der Waals surface area contributed by atoms with E-state index in [1.807, 2.05) is 29.2 Å². The molecule has 1 aliphatic heterocycles. The summed E-state index contributed by atoms with van der Waals surface area (Å²) in [6.45, 7) is 1.10. The number of nitrogens with zero attached hydrogens (tertiary/aromatic N) is 3. The topological polar surface area (TPSA) is 136 Å². The summed E-state index contributed by atoms with van der Waals surface area (Å²) in [4.78, 5) is 36.4. The number of amides is 1. The molecule has 0 bridgehead atoms. The van der Waals surface area contributed by atoms with Crippen molar-refractivity contribution in [2.24, 2.45) is 0 Å². The Bertz CT molecular complexity index is 1190. The van der Waals surface area contributed by atoms with Crippen LogP contribution in [0.3, 0.4) is 0 Å². The van der Waals surface area contributed by atoms with E-state index in [-0.39, 0.29) is 18.3 Å². The van der Waals surface area contributed by atoms with Crippen LogP contribution in [0.15, 0.2) is 54.9 Å². The summed E-state index contributed by atoms with van der Waals surface area (Å²) >= 11 is 0. The number of hydrogen-bond acceptors (Lipinski definition) is 8. The Morgan fingerprint density at radius 3 is 2.79 bits per heavy atom. The van der Waals surface area contributed by atoms with Gasteiger partial charge in [0.25, 0.3) is 0 Å². The van der Waals surface area contributed by atoms with Gasteiger partial charge in [0, 0.05) is 31.3 Å². The predicted molar refractivity (Wildman–Crippen MR) is 127 cm³/mol. The normalized spacial score (nSPS) is 17.8. The van der Waals surface area contributed by atoms with E-state index in [1.165, 1.54) is 19.5 Å². The highest BCUT2D eigenvalue weighted by Crippen LogP contribution is 2.29. The van der Waals surface area contributed by atoms with Crippen molar-refractivity contribution < 1.29 is 14.3 Å². The first-order valence-corrected chi connectivity index (χ1v) is 10.6. The zero-order valence-corrected chi connectivity index (χ0v) is 18.3. The van der Waals surface area contributed by atoms with E-state index in [9.17, 15) is 9.59 Å². The summed E-state index contributed by atoms with van der Waals surface area (Å²) in [5.74, 6) is 0.0343. The summed E-state index contributed by atoms with van der Waals surface area (Å²) in [5.41, 5.74) is 14.6. The number of anilines is 2. The molecule has 170 valence electrons. The second-order valence-corrected chi connectivity index (χ2v) is 7.84. The number of nitrogens with one attached hydrogen (secondary N) is 1. The monoisotopic (exact) mass is 446 g/mol. The fourth-order valence-corrected chi connectivity index (χ4v) is 4.03. The Morgan fingerprint density at radius 1 is 1.24 bits per heavy atom. The molecule has 1 fully saturated rings. The number of carbonyl (C=O) groups is 2. The lowest BCUT2D eigenvalue weighted by Gasteiger charge is -2.39. The fourth-order valence-electron chi connectivity index (χ4n) is 4.03. The Kier molecular flexibility index (Phi) is 6.62. The number of rotatable bonds is 7. The van der Waals surface area contributed by atoms with E-state index in [1.54, 1.807) is 24.3 Å². The predicted octanol–water partition coefficient (Wildman–Crippen LogP) is 1.56. The number of aromatic nitrogens is 2. The van der Waals surface area contributed by atoms with E-state index in [0.29, 0.717) is 41.1 Å². The van der Waals surface area contributed by atoms with Crippen molar-refractivity contribution in [1.29, 1.82) is 0 Å². The molecule has 3 aromatic rings. The zero-order valence-electron chi connectivity index (χ0n) is 18.3. The third kappa shape index (κ3) is 4.84. The van der Waals surface area contributed by atoms with Crippen LogP contribution in [0.25, 0.3) is 17.0 Å². The summed E-state index contributed by atoms with van der Waals surface area (Å²) in [6, 6.07) is 11.4. The smallest absolute Gasteiger partial charge is 0.239 e. The van der Waals surface area contributed by atoms with Crippen LogP contribution in [0.1, 0.15) is 17.2 Å². The van der Waals surface area contributed by atoms with E-state index in [2.05, 4.69) is 15.3 Å². The number of hydrogen-bond donors (Lipinski definition) is 3. The number of nitrogens with two attached hydrogens (primary N) is 2. The van der Waals surface area contributed by atoms with Crippen molar-refractivity contribution >= 4 is 40.2 Å². The lowest BCUT2D eigenvalue weighted by atomic mass is 9.96. The number of benzene rings is 2. The minimum absolute atomic E-state index is 0.163. The average molecular weight is 447 g/mol. The van der Waals surface area contributed by atoms with E-state index >= 15 is 0 Å². The second-order valence-electron chi connectivity index (χ2n) is 7.84. The molecule has 9 heteroatoms. The fraction of sp³-hybridized carbons (Fsp3) is 0.250. The molecule has 1 unspecified atom stereocenters. The lowest BCUT2D eigenvalue weighted by molar-refractivity contribution is -0.135. The van der Waals surface area contributed by atoms with Crippen LogP contribution in [0.4, 0.5) is 11.5 Å². The Morgan fingerprint density at radius 2 is 2.03 bits per heavy atom. The lowest BCUT2D eigenvalue weighted by Crippen LogP contribution is -2.58. The van der Waals surface area contributed by atoms with Crippen LogP contribution >= 0.6 is 0 Å².